The molecule has 2 aliphatic heterocycles. The fourth-order valence-electron chi connectivity index (χ4n) is 3.89. The SMILES string of the molecule is CCOC(=O)[C@H]1[C@H](C(F)F)N=N[C@]12C(=O)N(c1ccccc1)c1ccccc12. The Morgan fingerprint density at radius 2 is 1.86 bits per heavy atom. The number of carbonyl (C=O) groups excluding carboxylic acids is 2. The Hall–Kier alpha value is -3.16. The van der Waals surface area contributed by atoms with Crippen LogP contribution < -0.4 is 4.90 Å². The Balaban J connectivity index is 1.92. The molecule has 8 heteroatoms. The summed E-state index contributed by atoms with van der Waals surface area (Å²) < 4.78 is 32.4. The van der Waals surface area contributed by atoms with Crippen molar-refractivity contribution in [2.45, 2.75) is 24.9 Å². The summed E-state index contributed by atoms with van der Waals surface area (Å²) in [5, 5.41) is 7.66. The number of esters is 1. The molecule has 1 spiro atoms. The number of para-hydroxylation sites is 2. The first-order valence-corrected chi connectivity index (χ1v) is 8.88. The van der Waals surface area contributed by atoms with Crippen LogP contribution in [0.5, 0.6) is 0 Å². The van der Waals surface area contributed by atoms with Gasteiger partial charge in [-0.1, -0.05) is 36.4 Å². The number of alkyl halides is 2. The normalized spacial score (nSPS) is 25.6. The molecule has 4 rings (SSSR count). The van der Waals surface area contributed by atoms with Crippen molar-refractivity contribution < 1.29 is 23.1 Å². The summed E-state index contributed by atoms with van der Waals surface area (Å²) in [5.41, 5.74) is -0.453. The largest absolute Gasteiger partial charge is 0.466 e. The minimum Gasteiger partial charge on any atom is -0.466 e. The van der Waals surface area contributed by atoms with Crippen LogP contribution in [0.4, 0.5) is 20.2 Å². The van der Waals surface area contributed by atoms with Gasteiger partial charge in [0.1, 0.15) is 12.0 Å². The highest BCUT2D eigenvalue weighted by Crippen LogP contribution is 2.55. The zero-order valence-electron chi connectivity index (χ0n) is 15.0. The van der Waals surface area contributed by atoms with E-state index < -0.39 is 35.8 Å². The molecule has 2 aliphatic rings. The Labute approximate surface area is 159 Å². The van der Waals surface area contributed by atoms with Gasteiger partial charge in [0.25, 0.3) is 12.3 Å². The molecule has 6 nitrogen and oxygen atoms in total. The van der Waals surface area contributed by atoms with Crippen molar-refractivity contribution >= 4 is 23.3 Å². The number of rotatable bonds is 4. The lowest BCUT2D eigenvalue weighted by molar-refractivity contribution is -0.154. The third-order valence-electron chi connectivity index (χ3n) is 5.04. The van der Waals surface area contributed by atoms with Crippen molar-refractivity contribution in [2.75, 3.05) is 11.5 Å². The van der Waals surface area contributed by atoms with Gasteiger partial charge in [-0.3, -0.25) is 14.5 Å². The monoisotopic (exact) mass is 385 g/mol. The highest BCUT2D eigenvalue weighted by Gasteiger charge is 2.66. The molecule has 0 unspecified atom stereocenters. The molecule has 0 N–H and O–H groups in total. The van der Waals surface area contributed by atoms with Crippen LogP contribution in [0.3, 0.4) is 0 Å². The van der Waals surface area contributed by atoms with Gasteiger partial charge in [0.15, 0.2) is 0 Å². The summed E-state index contributed by atoms with van der Waals surface area (Å²) in [6.07, 6.45) is -2.96. The van der Waals surface area contributed by atoms with Crippen LogP contribution in [0.25, 0.3) is 0 Å². The molecular weight excluding hydrogens is 368 g/mol. The molecule has 0 aromatic heterocycles. The van der Waals surface area contributed by atoms with Crippen LogP contribution in [-0.4, -0.2) is 31.0 Å². The van der Waals surface area contributed by atoms with E-state index in [-0.39, 0.29) is 6.61 Å². The number of nitrogens with zero attached hydrogens (tertiary/aromatic N) is 3. The zero-order chi connectivity index (χ0) is 19.9. The van der Waals surface area contributed by atoms with Gasteiger partial charge in [-0.2, -0.15) is 10.2 Å². The maximum absolute atomic E-state index is 13.7. The van der Waals surface area contributed by atoms with Gasteiger partial charge in [0.2, 0.25) is 5.54 Å². The zero-order valence-corrected chi connectivity index (χ0v) is 15.0. The first kappa shape index (κ1) is 18.2. The number of hydrogen-bond acceptors (Lipinski definition) is 5. The fraction of sp³-hybridized carbons (Fsp3) is 0.300. The first-order valence-electron chi connectivity index (χ1n) is 8.88. The number of hydrogen-bond donors (Lipinski definition) is 0. The Kier molecular flexibility index (Phi) is 4.41. The second-order valence-corrected chi connectivity index (χ2v) is 6.53. The highest BCUT2D eigenvalue weighted by molar-refractivity contribution is 6.14. The molecule has 3 atom stereocenters. The Bertz CT molecular complexity index is 951. The summed E-state index contributed by atoms with van der Waals surface area (Å²) in [7, 11) is 0. The molecule has 0 bridgehead atoms. The van der Waals surface area contributed by atoms with Crippen molar-refractivity contribution in [1.82, 2.24) is 0 Å². The second kappa shape index (κ2) is 6.78. The third kappa shape index (κ3) is 2.44. The summed E-state index contributed by atoms with van der Waals surface area (Å²) in [5.74, 6) is -3.03. The topological polar surface area (TPSA) is 71.3 Å². The number of azo groups is 1. The average Bonchev–Trinajstić information content (AvgIpc) is 3.21. The van der Waals surface area contributed by atoms with Crippen molar-refractivity contribution in [3.8, 4) is 0 Å². The molecular formula is C20H17F2N3O3. The number of halogens is 2. The van der Waals surface area contributed by atoms with Gasteiger partial charge in [0, 0.05) is 11.3 Å². The summed E-state index contributed by atoms with van der Waals surface area (Å²) in [4.78, 5) is 27.7. The van der Waals surface area contributed by atoms with E-state index in [2.05, 4.69) is 10.2 Å². The van der Waals surface area contributed by atoms with Gasteiger partial charge < -0.3 is 4.74 Å². The van der Waals surface area contributed by atoms with Crippen LogP contribution in [0.15, 0.2) is 64.8 Å². The smallest absolute Gasteiger partial charge is 0.314 e. The number of fused-ring (bicyclic) bond motifs is 2. The first-order chi connectivity index (χ1) is 13.5. The molecule has 2 aromatic carbocycles. The molecule has 0 saturated heterocycles. The van der Waals surface area contributed by atoms with E-state index in [4.69, 9.17) is 4.74 Å². The summed E-state index contributed by atoms with van der Waals surface area (Å²) in [6.45, 7) is 1.57. The van der Waals surface area contributed by atoms with Gasteiger partial charge >= 0.3 is 5.97 Å². The van der Waals surface area contributed by atoms with E-state index in [9.17, 15) is 18.4 Å². The minimum absolute atomic E-state index is 0.000389. The molecule has 0 fully saturated rings. The maximum atomic E-state index is 13.7. The van der Waals surface area contributed by atoms with E-state index in [1.807, 2.05) is 0 Å². The summed E-state index contributed by atoms with van der Waals surface area (Å²) >= 11 is 0. The van der Waals surface area contributed by atoms with Gasteiger partial charge in [0.05, 0.1) is 12.3 Å². The molecule has 2 heterocycles. The number of carbonyl (C=O) groups is 2. The molecule has 0 saturated carbocycles. The second-order valence-electron chi connectivity index (χ2n) is 6.53. The molecule has 0 aliphatic carbocycles. The third-order valence-corrected chi connectivity index (χ3v) is 5.04. The fourth-order valence-corrected chi connectivity index (χ4v) is 3.89. The van der Waals surface area contributed by atoms with Crippen LogP contribution in [0, 0.1) is 5.92 Å². The number of anilines is 2. The number of benzene rings is 2. The average molecular weight is 385 g/mol. The molecule has 144 valence electrons. The van der Waals surface area contributed by atoms with E-state index in [1.54, 1.807) is 61.5 Å². The standard InChI is InChI=1S/C20H17F2N3O3/c1-2-28-18(26)15-16(17(21)22)23-24-20(15)13-10-6-7-11-14(13)25(19(20)27)12-8-4-3-5-9-12/h3-11,15-17H,2H2,1H3/t15-,16-,20+/m1/s1. The lowest BCUT2D eigenvalue weighted by Crippen LogP contribution is -2.49. The minimum atomic E-state index is -2.96. The predicted molar refractivity (Wildman–Crippen MR) is 96.5 cm³/mol. The molecule has 28 heavy (non-hydrogen) atoms. The van der Waals surface area contributed by atoms with Crippen molar-refractivity contribution in [1.29, 1.82) is 0 Å². The maximum Gasteiger partial charge on any atom is 0.314 e. The Morgan fingerprint density at radius 1 is 1.18 bits per heavy atom. The quantitative estimate of drug-likeness (QED) is 0.751. The summed E-state index contributed by atoms with van der Waals surface area (Å²) in [6, 6.07) is 13.8. The lowest BCUT2D eigenvalue weighted by Gasteiger charge is -2.27. The van der Waals surface area contributed by atoms with E-state index in [0.717, 1.165) is 0 Å². The van der Waals surface area contributed by atoms with Crippen molar-refractivity contribution in [3.05, 3.63) is 60.2 Å². The van der Waals surface area contributed by atoms with E-state index in [1.165, 1.54) is 4.90 Å². The number of ether oxygens (including phenoxy) is 1. The number of amides is 1. The van der Waals surface area contributed by atoms with Crippen LogP contribution in [-0.2, 0) is 19.9 Å². The van der Waals surface area contributed by atoms with E-state index in [0.29, 0.717) is 16.9 Å². The van der Waals surface area contributed by atoms with Gasteiger partial charge in [-0.15, -0.1) is 0 Å². The van der Waals surface area contributed by atoms with Crippen LogP contribution in [0.1, 0.15) is 12.5 Å². The van der Waals surface area contributed by atoms with Gasteiger partial charge in [-0.05, 0) is 25.1 Å². The highest BCUT2D eigenvalue weighted by atomic mass is 19.3. The van der Waals surface area contributed by atoms with Crippen LogP contribution in [0.2, 0.25) is 0 Å². The molecule has 1 amide bonds. The lowest BCUT2D eigenvalue weighted by atomic mass is 9.77. The van der Waals surface area contributed by atoms with Gasteiger partial charge in [-0.25, -0.2) is 8.78 Å². The van der Waals surface area contributed by atoms with E-state index >= 15 is 0 Å². The predicted octanol–water partition coefficient (Wildman–Crippen LogP) is 3.84. The molecule has 0 radical (unpaired) electrons. The van der Waals surface area contributed by atoms with Crippen molar-refractivity contribution in [3.63, 3.8) is 0 Å². The van der Waals surface area contributed by atoms with Crippen LogP contribution >= 0.6 is 0 Å². The van der Waals surface area contributed by atoms with Crippen molar-refractivity contribution in [2.24, 2.45) is 16.1 Å². The Morgan fingerprint density at radius 3 is 2.54 bits per heavy atom. The molecule has 2 aromatic rings.